The molecule has 0 aliphatic heterocycles. The summed E-state index contributed by atoms with van der Waals surface area (Å²) < 4.78 is 40.1. The molecule has 0 saturated heterocycles. The van der Waals surface area contributed by atoms with Crippen molar-refractivity contribution in [3.63, 3.8) is 0 Å². The van der Waals surface area contributed by atoms with Crippen LogP contribution in [0.1, 0.15) is 5.89 Å². The Balaban J connectivity index is 1.68. The molecule has 2 aromatic carbocycles. The fraction of sp³-hybridized carbons (Fsp3) is 0.167. The lowest BCUT2D eigenvalue weighted by Crippen LogP contribution is -2.06. The zero-order chi connectivity index (χ0) is 17.6. The molecule has 1 aromatic heterocycles. The predicted octanol–water partition coefficient (Wildman–Crippen LogP) is 4.56. The van der Waals surface area contributed by atoms with Crippen molar-refractivity contribution in [2.75, 3.05) is 12.4 Å². The summed E-state index contributed by atoms with van der Waals surface area (Å²) in [5, 5.41) is 2.98. The minimum Gasteiger partial charge on any atom is -0.497 e. The number of benzene rings is 2. The zero-order valence-corrected chi connectivity index (χ0v) is 13.4. The quantitative estimate of drug-likeness (QED) is 0.679. The first kappa shape index (κ1) is 16.8. The van der Waals surface area contributed by atoms with Crippen molar-refractivity contribution in [3.05, 3.63) is 60.6 Å². The van der Waals surface area contributed by atoms with E-state index < -0.39 is 6.61 Å². The molecule has 3 rings (SSSR count). The molecule has 0 radical (unpaired) electrons. The summed E-state index contributed by atoms with van der Waals surface area (Å²) in [7, 11) is 1.60. The third kappa shape index (κ3) is 4.26. The van der Waals surface area contributed by atoms with Crippen molar-refractivity contribution in [3.8, 4) is 22.8 Å². The first-order chi connectivity index (χ1) is 12.2. The van der Waals surface area contributed by atoms with Crippen molar-refractivity contribution in [1.82, 2.24) is 4.98 Å². The Hall–Kier alpha value is -3.09. The van der Waals surface area contributed by atoms with E-state index in [1.165, 1.54) is 6.07 Å². The number of aromatic nitrogens is 1. The first-order valence-electron chi connectivity index (χ1n) is 7.52. The summed E-state index contributed by atoms with van der Waals surface area (Å²) in [5.41, 5.74) is 1.30. The topological polar surface area (TPSA) is 56.5 Å². The van der Waals surface area contributed by atoms with E-state index in [4.69, 9.17) is 9.15 Å². The predicted molar refractivity (Wildman–Crippen MR) is 88.9 cm³/mol. The summed E-state index contributed by atoms with van der Waals surface area (Å²) in [4.78, 5) is 4.19. The van der Waals surface area contributed by atoms with E-state index in [1.807, 2.05) is 24.3 Å². The van der Waals surface area contributed by atoms with Crippen molar-refractivity contribution in [2.24, 2.45) is 0 Å². The van der Waals surface area contributed by atoms with Crippen LogP contribution in [0.2, 0.25) is 0 Å². The number of methoxy groups -OCH3 is 1. The molecule has 0 amide bonds. The molecule has 1 heterocycles. The van der Waals surface area contributed by atoms with Gasteiger partial charge in [-0.1, -0.05) is 12.1 Å². The standard InChI is InChI=1S/C18H16F2N2O3/c1-23-13-8-6-12(7-9-13)16-10-22-17(24-16)11-21-14-4-2-3-5-15(14)25-18(19)20/h2-10,18,21H,11H2,1H3. The lowest BCUT2D eigenvalue weighted by atomic mass is 10.2. The molecule has 0 atom stereocenters. The van der Waals surface area contributed by atoms with Gasteiger partial charge in [0, 0.05) is 5.56 Å². The third-order valence-electron chi connectivity index (χ3n) is 3.46. The average Bonchev–Trinajstić information content (AvgIpc) is 3.09. The Labute approximate surface area is 143 Å². The number of oxazole rings is 1. The molecular weight excluding hydrogens is 330 g/mol. The average molecular weight is 346 g/mol. The van der Waals surface area contributed by atoms with Crippen molar-refractivity contribution in [1.29, 1.82) is 0 Å². The Morgan fingerprint density at radius 3 is 2.60 bits per heavy atom. The summed E-state index contributed by atoms with van der Waals surface area (Å²) in [6.07, 6.45) is 1.61. The molecule has 0 spiro atoms. The number of hydrogen-bond acceptors (Lipinski definition) is 5. The van der Waals surface area contributed by atoms with Crippen LogP contribution in [-0.4, -0.2) is 18.7 Å². The maximum atomic E-state index is 12.4. The van der Waals surface area contributed by atoms with E-state index in [2.05, 4.69) is 15.0 Å². The van der Waals surface area contributed by atoms with Gasteiger partial charge in [0.15, 0.2) is 5.76 Å². The van der Waals surface area contributed by atoms with Crippen molar-refractivity contribution >= 4 is 5.69 Å². The van der Waals surface area contributed by atoms with Gasteiger partial charge < -0.3 is 19.2 Å². The van der Waals surface area contributed by atoms with Gasteiger partial charge in [0.2, 0.25) is 5.89 Å². The van der Waals surface area contributed by atoms with Crippen molar-refractivity contribution in [2.45, 2.75) is 13.2 Å². The van der Waals surface area contributed by atoms with Crippen LogP contribution in [0.5, 0.6) is 11.5 Å². The normalized spacial score (nSPS) is 10.7. The molecule has 25 heavy (non-hydrogen) atoms. The first-order valence-corrected chi connectivity index (χ1v) is 7.52. The summed E-state index contributed by atoms with van der Waals surface area (Å²) in [6.45, 7) is -2.65. The van der Waals surface area contributed by atoms with Crippen LogP contribution >= 0.6 is 0 Å². The maximum Gasteiger partial charge on any atom is 0.387 e. The molecule has 5 nitrogen and oxygen atoms in total. The SMILES string of the molecule is COc1ccc(-c2cnc(CNc3ccccc3OC(F)F)o2)cc1. The number of ether oxygens (including phenoxy) is 2. The van der Waals surface area contributed by atoms with Crippen molar-refractivity contribution < 1.29 is 22.7 Å². The second-order valence-electron chi connectivity index (χ2n) is 5.07. The molecule has 0 aliphatic carbocycles. The Bertz CT molecular complexity index is 819. The van der Waals surface area contributed by atoms with E-state index in [0.29, 0.717) is 17.3 Å². The van der Waals surface area contributed by atoms with Gasteiger partial charge in [-0.05, 0) is 36.4 Å². The van der Waals surface area contributed by atoms with Crippen LogP contribution in [0, 0.1) is 0 Å². The highest BCUT2D eigenvalue weighted by atomic mass is 19.3. The van der Waals surface area contributed by atoms with Crippen LogP contribution in [-0.2, 0) is 6.54 Å². The molecule has 130 valence electrons. The van der Waals surface area contributed by atoms with Gasteiger partial charge in [-0.15, -0.1) is 0 Å². The molecule has 1 N–H and O–H groups in total. The zero-order valence-electron chi connectivity index (χ0n) is 13.4. The van der Waals surface area contributed by atoms with E-state index >= 15 is 0 Å². The number of anilines is 1. The number of nitrogens with one attached hydrogen (secondary N) is 1. The minimum atomic E-state index is -2.88. The second kappa shape index (κ2) is 7.65. The molecule has 0 saturated carbocycles. The highest BCUT2D eigenvalue weighted by molar-refractivity contribution is 5.58. The molecule has 0 bridgehead atoms. The summed E-state index contributed by atoms with van der Waals surface area (Å²) in [6, 6.07) is 13.8. The highest BCUT2D eigenvalue weighted by Crippen LogP contribution is 2.27. The van der Waals surface area contributed by atoms with E-state index in [9.17, 15) is 8.78 Å². The second-order valence-corrected chi connectivity index (χ2v) is 5.07. The van der Waals surface area contributed by atoms with Crippen LogP contribution < -0.4 is 14.8 Å². The molecule has 3 aromatic rings. The molecule has 0 aliphatic rings. The maximum absolute atomic E-state index is 12.4. The monoisotopic (exact) mass is 346 g/mol. The number of hydrogen-bond donors (Lipinski definition) is 1. The fourth-order valence-corrected chi connectivity index (χ4v) is 2.26. The number of rotatable bonds is 7. The van der Waals surface area contributed by atoms with Gasteiger partial charge in [0.05, 0.1) is 25.5 Å². The number of halogens is 2. The Morgan fingerprint density at radius 1 is 1.12 bits per heavy atom. The van der Waals surface area contributed by atoms with Gasteiger partial charge >= 0.3 is 6.61 Å². The number of nitrogens with zero attached hydrogens (tertiary/aromatic N) is 1. The van der Waals surface area contributed by atoms with Crippen LogP contribution in [0.4, 0.5) is 14.5 Å². The Morgan fingerprint density at radius 2 is 1.88 bits per heavy atom. The largest absolute Gasteiger partial charge is 0.497 e. The van der Waals surface area contributed by atoms with Gasteiger partial charge in [0.25, 0.3) is 0 Å². The molecule has 0 fully saturated rings. The smallest absolute Gasteiger partial charge is 0.387 e. The lowest BCUT2D eigenvalue weighted by molar-refractivity contribution is -0.0493. The van der Waals surface area contributed by atoms with E-state index in [1.54, 1.807) is 31.5 Å². The van der Waals surface area contributed by atoms with Gasteiger partial charge in [0.1, 0.15) is 11.5 Å². The van der Waals surface area contributed by atoms with Crippen LogP contribution in [0.25, 0.3) is 11.3 Å². The van der Waals surface area contributed by atoms with Crippen LogP contribution in [0.3, 0.4) is 0 Å². The van der Waals surface area contributed by atoms with E-state index in [0.717, 1.165) is 11.3 Å². The lowest BCUT2D eigenvalue weighted by Gasteiger charge is -2.11. The number of para-hydroxylation sites is 2. The molecule has 0 unspecified atom stereocenters. The summed E-state index contributed by atoms with van der Waals surface area (Å²) in [5.74, 6) is 1.86. The third-order valence-corrected chi connectivity index (χ3v) is 3.46. The molecule has 7 heteroatoms. The number of alkyl halides is 2. The Kier molecular flexibility index (Phi) is 5.13. The fourth-order valence-electron chi connectivity index (χ4n) is 2.26. The van der Waals surface area contributed by atoms with Gasteiger partial charge in [-0.2, -0.15) is 8.78 Å². The van der Waals surface area contributed by atoms with Gasteiger partial charge in [-0.3, -0.25) is 0 Å². The van der Waals surface area contributed by atoms with Crippen LogP contribution in [0.15, 0.2) is 59.1 Å². The van der Waals surface area contributed by atoms with Gasteiger partial charge in [-0.25, -0.2) is 4.98 Å². The summed E-state index contributed by atoms with van der Waals surface area (Å²) >= 11 is 0. The highest BCUT2D eigenvalue weighted by Gasteiger charge is 2.11. The minimum absolute atomic E-state index is 0.0689. The van der Waals surface area contributed by atoms with E-state index in [-0.39, 0.29) is 12.3 Å². The molecular formula is C18H16F2N2O3.